The number of ketones is 1. The molecular formula is C23H23N3O4. The van der Waals surface area contributed by atoms with Crippen LogP contribution in [0.2, 0.25) is 0 Å². The van der Waals surface area contributed by atoms with Crippen LogP contribution < -0.4 is 14.8 Å². The molecular weight excluding hydrogens is 382 g/mol. The van der Waals surface area contributed by atoms with E-state index in [0.717, 1.165) is 11.4 Å². The number of methoxy groups -OCH3 is 1. The van der Waals surface area contributed by atoms with Crippen LogP contribution >= 0.6 is 0 Å². The van der Waals surface area contributed by atoms with Gasteiger partial charge in [0, 0.05) is 29.9 Å². The molecule has 0 bridgehead atoms. The van der Waals surface area contributed by atoms with Crippen molar-refractivity contribution in [1.82, 2.24) is 9.97 Å². The molecule has 154 valence electrons. The highest BCUT2D eigenvalue weighted by Crippen LogP contribution is 2.22. The molecule has 3 aromatic rings. The fourth-order valence-electron chi connectivity index (χ4n) is 2.91. The van der Waals surface area contributed by atoms with E-state index in [-0.39, 0.29) is 30.5 Å². The van der Waals surface area contributed by atoms with Crippen molar-refractivity contribution in [2.45, 2.75) is 26.7 Å². The standard InChI is InChI=1S/C23H23N3O4/c1-15-14-16(2)25-23(24-15)30-18-10-8-17(9-11-18)26-22(28)13-12-20(27)19-6-4-5-7-21(19)29-3/h4-11,14H,12-13H2,1-3H3,(H,26,28). The maximum atomic E-state index is 12.4. The second-order valence-electron chi connectivity index (χ2n) is 6.73. The minimum Gasteiger partial charge on any atom is -0.496 e. The van der Waals surface area contributed by atoms with Gasteiger partial charge >= 0.3 is 6.01 Å². The van der Waals surface area contributed by atoms with Crippen molar-refractivity contribution in [2.24, 2.45) is 0 Å². The molecule has 0 spiro atoms. The first-order valence-corrected chi connectivity index (χ1v) is 9.51. The van der Waals surface area contributed by atoms with Crippen LogP contribution in [0, 0.1) is 13.8 Å². The summed E-state index contributed by atoms with van der Waals surface area (Å²) in [5.74, 6) is 0.681. The van der Waals surface area contributed by atoms with Gasteiger partial charge in [0.1, 0.15) is 11.5 Å². The molecule has 0 saturated carbocycles. The van der Waals surface area contributed by atoms with Gasteiger partial charge in [-0.25, -0.2) is 9.97 Å². The van der Waals surface area contributed by atoms with E-state index in [0.29, 0.717) is 22.7 Å². The Balaban J connectivity index is 1.53. The summed E-state index contributed by atoms with van der Waals surface area (Å²) in [5.41, 5.74) is 2.73. The SMILES string of the molecule is COc1ccccc1C(=O)CCC(=O)Nc1ccc(Oc2nc(C)cc(C)n2)cc1. The Morgan fingerprint density at radius 3 is 2.27 bits per heavy atom. The van der Waals surface area contributed by atoms with E-state index in [1.54, 1.807) is 48.5 Å². The van der Waals surface area contributed by atoms with E-state index in [4.69, 9.17) is 9.47 Å². The van der Waals surface area contributed by atoms with Crippen LogP contribution in [-0.4, -0.2) is 28.8 Å². The summed E-state index contributed by atoms with van der Waals surface area (Å²) in [6.07, 6.45) is 0.170. The number of amides is 1. The van der Waals surface area contributed by atoms with Gasteiger partial charge in [0.2, 0.25) is 5.91 Å². The highest BCUT2D eigenvalue weighted by Gasteiger charge is 2.13. The number of aromatic nitrogens is 2. The van der Waals surface area contributed by atoms with Crippen molar-refractivity contribution in [1.29, 1.82) is 0 Å². The molecule has 0 radical (unpaired) electrons. The molecule has 0 fully saturated rings. The van der Waals surface area contributed by atoms with Crippen molar-refractivity contribution in [3.8, 4) is 17.5 Å². The average molecular weight is 405 g/mol. The highest BCUT2D eigenvalue weighted by molar-refractivity contribution is 6.01. The van der Waals surface area contributed by atoms with Crippen molar-refractivity contribution in [2.75, 3.05) is 12.4 Å². The molecule has 0 atom stereocenters. The zero-order chi connectivity index (χ0) is 21.5. The number of ether oxygens (including phenoxy) is 2. The lowest BCUT2D eigenvalue weighted by Gasteiger charge is -2.09. The fraction of sp³-hybridized carbons (Fsp3) is 0.217. The van der Waals surface area contributed by atoms with Crippen molar-refractivity contribution in [3.05, 3.63) is 71.5 Å². The molecule has 0 aliphatic heterocycles. The van der Waals surface area contributed by atoms with Crippen LogP contribution in [0.15, 0.2) is 54.6 Å². The summed E-state index contributed by atoms with van der Waals surface area (Å²) in [7, 11) is 1.51. The number of carbonyl (C=O) groups is 2. The van der Waals surface area contributed by atoms with E-state index in [9.17, 15) is 9.59 Å². The van der Waals surface area contributed by atoms with Crippen molar-refractivity contribution < 1.29 is 19.1 Å². The normalized spacial score (nSPS) is 10.4. The van der Waals surface area contributed by atoms with Gasteiger partial charge in [0.15, 0.2) is 5.78 Å². The largest absolute Gasteiger partial charge is 0.496 e. The average Bonchev–Trinajstić information content (AvgIpc) is 2.72. The Bertz CT molecular complexity index is 1030. The maximum Gasteiger partial charge on any atom is 0.322 e. The van der Waals surface area contributed by atoms with Gasteiger partial charge in [-0.1, -0.05) is 12.1 Å². The number of carbonyl (C=O) groups excluding carboxylic acids is 2. The van der Waals surface area contributed by atoms with Crippen LogP contribution in [0.4, 0.5) is 5.69 Å². The van der Waals surface area contributed by atoms with Gasteiger partial charge in [-0.05, 0) is 56.3 Å². The van der Waals surface area contributed by atoms with Crippen molar-refractivity contribution >= 4 is 17.4 Å². The zero-order valence-corrected chi connectivity index (χ0v) is 17.1. The van der Waals surface area contributed by atoms with Gasteiger partial charge in [0.05, 0.1) is 12.7 Å². The first-order valence-electron chi connectivity index (χ1n) is 9.51. The Morgan fingerprint density at radius 2 is 1.60 bits per heavy atom. The van der Waals surface area contributed by atoms with Crippen LogP contribution in [0.5, 0.6) is 17.5 Å². The summed E-state index contributed by atoms with van der Waals surface area (Å²) in [6, 6.07) is 16.0. The predicted octanol–water partition coefficient (Wildman–Crippen LogP) is 4.50. The van der Waals surface area contributed by atoms with E-state index in [1.165, 1.54) is 7.11 Å². The number of aryl methyl sites for hydroxylation is 2. The summed E-state index contributed by atoms with van der Waals surface area (Å²) >= 11 is 0. The van der Waals surface area contributed by atoms with E-state index in [1.807, 2.05) is 19.9 Å². The monoisotopic (exact) mass is 405 g/mol. The molecule has 0 unspecified atom stereocenters. The Kier molecular flexibility index (Phi) is 6.75. The van der Waals surface area contributed by atoms with Gasteiger partial charge in [-0.15, -0.1) is 0 Å². The summed E-state index contributed by atoms with van der Waals surface area (Å²) in [4.78, 5) is 33.0. The first kappa shape index (κ1) is 21.0. The Hall–Kier alpha value is -3.74. The number of benzene rings is 2. The summed E-state index contributed by atoms with van der Waals surface area (Å²) in [6.45, 7) is 3.75. The minimum atomic E-state index is -0.246. The van der Waals surface area contributed by atoms with E-state index < -0.39 is 0 Å². The number of nitrogens with one attached hydrogen (secondary N) is 1. The minimum absolute atomic E-state index is 0.0749. The third-order valence-corrected chi connectivity index (χ3v) is 4.30. The van der Waals surface area contributed by atoms with Crippen LogP contribution in [0.25, 0.3) is 0 Å². The van der Waals surface area contributed by atoms with Gasteiger partial charge in [-0.3, -0.25) is 9.59 Å². The molecule has 2 aromatic carbocycles. The topological polar surface area (TPSA) is 90.4 Å². The number of Topliss-reactive ketones (excluding diaryl/α,β-unsaturated/α-hetero) is 1. The Morgan fingerprint density at radius 1 is 0.933 bits per heavy atom. The highest BCUT2D eigenvalue weighted by atomic mass is 16.5. The summed E-state index contributed by atoms with van der Waals surface area (Å²) in [5, 5.41) is 2.78. The third kappa shape index (κ3) is 5.64. The summed E-state index contributed by atoms with van der Waals surface area (Å²) < 4.78 is 10.9. The molecule has 1 heterocycles. The lowest BCUT2D eigenvalue weighted by molar-refractivity contribution is -0.116. The van der Waals surface area contributed by atoms with Crippen molar-refractivity contribution in [3.63, 3.8) is 0 Å². The molecule has 7 heteroatoms. The molecule has 0 aliphatic carbocycles. The second kappa shape index (κ2) is 9.65. The molecule has 3 rings (SSSR count). The quantitative estimate of drug-likeness (QED) is 0.555. The first-order chi connectivity index (χ1) is 14.4. The van der Waals surface area contributed by atoms with E-state index in [2.05, 4.69) is 15.3 Å². The van der Waals surface area contributed by atoms with Crippen LogP contribution in [0.3, 0.4) is 0 Å². The number of rotatable bonds is 8. The lowest BCUT2D eigenvalue weighted by atomic mass is 10.1. The number of para-hydroxylation sites is 1. The Labute approximate surface area is 175 Å². The van der Waals surface area contributed by atoms with Gasteiger partial charge < -0.3 is 14.8 Å². The van der Waals surface area contributed by atoms with Crippen LogP contribution in [-0.2, 0) is 4.79 Å². The van der Waals surface area contributed by atoms with E-state index >= 15 is 0 Å². The molecule has 30 heavy (non-hydrogen) atoms. The molecule has 1 amide bonds. The molecule has 1 aromatic heterocycles. The smallest absolute Gasteiger partial charge is 0.322 e. The second-order valence-corrected chi connectivity index (χ2v) is 6.73. The number of hydrogen-bond donors (Lipinski definition) is 1. The fourth-order valence-corrected chi connectivity index (χ4v) is 2.91. The number of hydrogen-bond acceptors (Lipinski definition) is 6. The van der Waals surface area contributed by atoms with Gasteiger partial charge in [-0.2, -0.15) is 0 Å². The zero-order valence-electron chi connectivity index (χ0n) is 17.1. The predicted molar refractivity (Wildman–Crippen MR) is 113 cm³/mol. The number of nitrogens with zero attached hydrogens (tertiary/aromatic N) is 2. The molecule has 0 saturated heterocycles. The molecule has 0 aliphatic rings. The molecule has 1 N–H and O–H groups in total. The van der Waals surface area contributed by atoms with Gasteiger partial charge in [0.25, 0.3) is 0 Å². The maximum absolute atomic E-state index is 12.4. The third-order valence-electron chi connectivity index (χ3n) is 4.30. The number of anilines is 1. The lowest BCUT2D eigenvalue weighted by Crippen LogP contribution is -2.13. The van der Waals surface area contributed by atoms with Crippen LogP contribution in [0.1, 0.15) is 34.6 Å². The molecule has 7 nitrogen and oxygen atoms in total.